The normalized spacial score (nSPS) is 25.6. The molecule has 0 aromatic heterocycles. The third-order valence-corrected chi connectivity index (χ3v) is 2.67. The summed E-state index contributed by atoms with van der Waals surface area (Å²) in [6.07, 6.45) is -0.952. The van der Waals surface area contributed by atoms with Gasteiger partial charge in [0.25, 0.3) is 0 Å². The van der Waals surface area contributed by atoms with E-state index < -0.39 is 12.1 Å². The summed E-state index contributed by atoms with van der Waals surface area (Å²) in [6.45, 7) is 0. The van der Waals surface area contributed by atoms with Crippen LogP contribution in [-0.4, -0.2) is 17.2 Å². The minimum absolute atomic E-state index is 0.284. The van der Waals surface area contributed by atoms with Crippen LogP contribution in [0.1, 0.15) is 11.7 Å². The SMILES string of the molecule is O=C(O)[C@H]1O[C@@H]1c1ccccc1Br. The number of rotatable bonds is 2. The molecular weight excluding hydrogens is 236 g/mol. The van der Waals surface area contributed by atoms with Crippen LogP contribution in [0.25, 0.3) is 0 Å². The third-order valence-electron chi connectivity index (χ3n) is 1.95. The largest absolute Gasteiger partial charge is 0.479 e. The van der Waals surface area contributed by atoms with Crippen molar-refractivity contribution < 1.29 is 14.6 Å². The summed E-state index contributed by atoms with van der Waals surface area (Å²) >= 11 is 3.34. The summed E-state index contributed by atoms with van der Waals surface area (Å²) in [5.41, 5.74) is 0.898. The predicted molar refractivity (Wildman–Crippen MR) is 49.4 cm³/mol. The first-order chi connectivity index (χ1) is 6.20. The number of hydrogen-bond acceptors (Lipinski definition) is 2. The molecule has 1 fully saturated rings. The quantitative estimate of drug-likeness (QED) is 0.808. The molecular formula is C9H7BrO3. The van der Waals surface area contributed by atoms with Gasteiger partial charge >= 0.3 is 5.97 Å². The molecule has 1 N–H and O–H groups in total. The van der Waals surface area contributed by atoms with Crippen LogP contribution in [0.2, 0.25) is 0 Å². The van der Waals surface area contributed by atoms with Crippen LogP contribution in [0.3, 0.4) is 0 Å². The van der Waals surface area contributed by atoms with E-state index in [0.717, 1.165) is 10.0 Å². The van der Waals surface area contributed by atoms with Gasteiger partial charge in [-0.05, 0) is 11.6 Å². The van der Waals surface area contributed by atoms with E-state index in [0.29, 0.717) is 0 Å². The second-order valence-corrected chi connectivity index (χ2v) is 3.69. The fourth-order valence-corrected chi connectivity index (χ4v) is 1.75. The molecule has 0 saturated carbocycles. The first kappa shape index (κ1) is 8.72. The van der Waals surface area contributed by atoms with Crippen molar-refractivity contribution in [3.05, 3.63) is 34.3 Å². The highest BCUT2D eigenvalue weighted by Crippen LogP contribution is 2.41. The first-order valence-electron chi connectivity index (χ1n) is 3.83. The zero-order chi connectivity index (χ0) is 9.42. The Labute approximate surface area is 83.5 Å². The van der Waals surface area contributed by atoms with Crippen molar-refractivity contribution in [1.29, 1.82) is 0 Å². The second-order valence-electron chi connectivity index (χ2n) is 2.84. The van der Waals surface area contributed by atoms with Crippen molar-refractivity contribution in [2.75, 3.05) is 0 Å². The highest BCUT2D eigenvalue weighted by Gasteiger charge is 2.47. The molecule has 3 nitrogen and oxygen atoms in total. The van der Waals surface area contributed by atoms with E-state index in [1.807, 2.05) is 24.3 Å². The molecule has 0 aliphatic carbocycles. The molecule has 1 aromatic rings. The van der Waals surface area contributed by atoms with Crippen LogP contribution in [0.5, 0.6) is 0 Å². The van der Waals surface area contributed by atoms with E-state index in [1.54, 1.807) is 0 Å². The second kappa shape index (κ2) is 3.12. The van der Waals surface area contributed by atoms with Crippen molar-refractivity contribution in [2.45, 2.75) is 12.2 Å². The maximum Gasteiger partial charge on any atom is 0.335 e. The molecule has 1 saturated heterocycles. The van der Waals surface area contributed by atoms with Gasteiger partial charge in [-0.1, -0.05) is 34.1 Å². The van der Waals surface area contributed by atoms with Gasteiger partial charge in [0.2, 0.25) is 0 Å². The van der Waals surface area contributed by atoms with Crippen molar-refractivity contribution in [3.63, 3.8) is 0 Å². The molecule has 4 heteroatoms. The Morgan fingerprint density at radius 3 is 2.69 bits per heavy atom. The molecule has 0 amide bonds. The van der Waals surface area contributed by atoms with Gasteiger partial charge in [-0.3, -0.25) is 0 Å². The Bertz CT molecular complexity index is 350. The molecule has 68 valence electrons. The highest BCUT2D eigenvalue weighted by atomic mass is 79.9. The van der Waals surface area contributed by atoms with Crippen LogP contribution in [0, 0.1) is 0 Å². The number of epoxide rings is 1. The lowest BCUT2D eigenvalue weighted by Gasteiger charge is -1.97. The highest BCUT2D eigenvalue weighted by molar-refractivity contribution is 9.10. The average Bonchev–Trinajstić information content (AvgIpc) is 2.84. The summed E-state index contributed by atoms with van der Waals surface area (Å²) < 4.78 is 5.91. The monoisotopic (exact) mass is 242 g/mol. The van der Waals surface area contributed by atoms with Gasteiger partial charge in [-0.25, -0.2) is 4.79 Å². The molecule has 1 heterocycles. The van der Waals surface area contributed by atoms with Crippen molar-refractivity contribution >= 4 is 21.9 Å². The lowest BCUT2D eigenvalue weighted by molar-refractivity contribution is -0.138. The minimum atomic E-state index is -0.902. The fraction of sp³-hybridized carbons (Fsp3) is 0.222. The van der Waals surface area contributed by atoms with Crippen molar-refractivity contribution in [3.8, 4) is 0 Å². The lowest BCUT2D eigenvalue weighted by atomic mass is 10.1. The summed E-state index contributed by atoms with van der Waals surface area (Å²) in [5.74, 6) is -0.902. The molecule has 0 unspecified atom stereocenters. The Balaban J connectivity index is 2.21. The van der Waals surface area contributed by atoms with E-state index in [2.05, 4.69) is 15.9 Å². The van der Waals surface area contributed by atoms with Crippen LogP contribution in [-0.2, 0) is 9.53 Å². The van der Waals surface area contributed by atoms with Gasteiger partial charge in [0.05, 0.1) is 0 Å². The van der Waals surface area contributed by atoms with E-state index in [9.17, 15) is 4.79 Å². The minimum Gasteiger partial charge on any atom is -0.479 e. The van der Waals surface area contributed by atoms with Gasteiger partial charge in [-0.2, -0.15) is 0 Å². The Morgan fingerprint density at radius 1 is 1.46 bits per heavy atom. The molecule has 2 atom stereocenters. The molecule has 1 aromatic carbocycles. The fourth-order valence-electron chi connectivity index (χ4n) is 1.24. The smallest absolute Gasteiger partial charge is 0.335 e. The average molecular weight is 243 g/mol. The van der Waals surface area contributed by atoms with Crippen molar-refractivity contribution in [2.24, 2.45) is 0 Å². The number of halogens is 1. The van der Waals surface area contributed by atoms with E-state index in [4.69, 9.17) is 9.84 Å². The van der Waals surface area contributed by atoms with Crippen LogP contribution >= 0.6 is 15.9 Å². The molecule has 13 heavy (non-hydrogen) atoms. The van der Waals surface area contributed by atoms with Gasteiger partial charge < -0.3 is 9.84 Å². The number of carboxylic acid groups (broad SMARTS) is 1. The number of aliphatic carboxylic acids is 1. The maximum atomic E-state index is 10.5. The summed E-state index contributed by atoms with van der Waals surface area (Å²) in [5, 5.41) is 8.64. The van der Waals surface area contributed by atoms with E-state index >= 15 is 0 Å². The Hall–Kier alpha value is -0.870. The van der Waals surface area contributed by atoms with Crippen molar-refractivity contribution in [1.82, 2.24) is 0 Å². The Morgan fingerprint density at radius 2 is 2.15 bits per heavy atom. The van der Waals surface area contributed by atoms with Crippen LogP contribution < -0.4 is 0 Å². The lowest BCUT2D eigenvalue weighted by Crippen LogP contribution is -2.04. The molecule has 1 aliphatic rings. The molecule has 0 bridgehead atoms. The van der Waals surface area contributed by atoms with Crippen LogP contribution in [0.4, 0.5) is 0 Å². The maximum absolute atomic E-state index is 10.5. The van der Waals surface area contributed by atoms with E-state index in [-0.39, 0.29) is 6.10 Å². The van der Waals surface area contributed by atoms with Gasteiger partial charge in [-0.15, -0.1) is 0 Å². The number of hydrogen-bond donors (Lipinski definition) is 1. The number of carbonyl (C=O) groups is 1. The number of ether oxygens (including phenoxy) is 1. The summed E-state index contributed by atoms with van der Waals surface area (Å²) in [6, 6.07) is 7.47. The number of carboxylic acids is 1. The standard InChI is InChI=1S/C9H7BrO3/c10-6-4-2-1-3-5(6)7-8(13-7)9(11)12/h1-4,7-8H,(H,11,12)/t7-,8+/m1/s1. The summed E-state index contributed by atoms with van der Waals surface area (Å²) in [4.78, 5) is 10.5. The molecule has 1 aliphatic heterocycles. The summed E-state index contributed by atoms with van der Waals surface area (Å²) in [7, 11) is 0. The molecule has 0 radical (unpaired) electrons. The first-order valence-corrected chi connectivity index (χ1v) is 4.62. The van der Waals surface area contributed by atoms with Gasteiger partial charge in [0.15, 0.2) is 6.10 Å². The van der Waals surface area contributed by atoms with Gasteiger partial charge in [0.1, 0.15) is 6.10 Å². The molecule has 2 rings (SSSR count). The van der Waals surface area contributed by atoms with E-state index in [1.165, 1.54) is 0 Å². The topological polar surface area (TPSA) is 49.8 Å². The van der Waals surface area contributed by atoms with Crippen LogP contribution in [0.15, 0.2) is 28.7 Å². The number of benzene rings is 1. The third kappa shape index (κ3) is 1.59. The predicted octanol–water partition coefficient (Wildman–Crippen LogP) is 1.97. The zero-order valence-electron chi connectivity index (χ0n) is 6.61. The van der Waals surface area contributed by atoms with Gasteiger partial charge in [0, 0.05) is 4.47 Å². The zero-order valence-corrected chi connectivity index (χ0v) is 8.19. The molecule has 0 spiro atoms. The Kier molecular flexibility index (Phi) is 2.09.